The summed E-state index contributed by atoms with van der Waals surface area (Å²) in [5.41, 5.74) is -0.344. The topological polar surface area (TPSA) is 63.6 Å². The molecule has 0 aromatic heterocycles. The van der Waals surface area contributed by atoms with Gasteiger partial charge in [0.25, 0.3) is 0 Å². The molecule has 4 saturated carbocycles. The molecule has 4 heteroatoms. The van der Waals surface area contributed by atoms with Gasteiger partial charge in [-0.1, -0.05) is 13.8 Å². The van der Waals surface area contributed by atoms with Crippen LogP contribution in [0.3, 0.4) is 0 Å². The van der Waals surface area contributed by atoms with Crippen molar-refractivity contribution < 1.29 is 19.4 Å². The molecule has 4 bridgehead atoms. The largest absolute Gasteiger partial charge is 0.478 e. The molecule has 0 heterocycles. The van der Waals surface area contributed by atoms with Gasteiger partial charge < -0.3 is 9.84 Å². The lowest BCUT2D eigenvalue weighted by Gasteiger charge is -2.61. The van der Waals surface area contributed by atoms with E-state index in [-0.39, 0.29) is 5.60 Å². The lowest BCUT2D eigenvalue weighted by molar-refractivity contribution is -0.211. The molecular weight excluding hydrogens is 268 g/mol. The summed E-state index contributed by atoms with van der Waals surface area (Å²) in [6.45, 7) is 4.44. The van der Waals surface area contributed by atoms with Gasteiger partial charge in [-0.15, -0.1) is 0 Å². The Morgan fingerprint density at radius 2 is 1.76 bits per heavy atom. The minimum Gasteiger partial charge on any atom is -0.478 e. The highest BCUT2D eigenvalue weighted by Gasteiger charge is 2.59. The molecule has 0 aromatic carbocycles. The quantitative estimate of drug-likeness (QED) is 0.639. The third-order valence-electron chi connectivity index (χ3n) is 5.71. The van der Waals surface area contributed by atoms with Crippen LogP contribution in [0.5, 0.6) is 0 Å². The van der Waals surface area contributed by atoms with Crippen LogP contribution in [0, 0.1) is 29.6 Å². The summed E-state index contributed by atoms with van der Waals surface area (Å²) in [7, 11) is 0. The van der Waals surface area contributed by atoms with Crippen molar-refractivity contribution in [1.82, 2.24) is 0 Å². The predicted octanol–water partition coefficient (Wildman–Crippen LogP) is 3.02. The van der Waals surface area contributed by atoms with Crippen molar-refractivity contribution >= 4 is 11.9 Å². The van der Waals surface area contributed by atoms with Crippen LogP contribution in [0.25, 0.3) is 0 Å². The van der Waals surface area contributed by atoms with E-state index in [1.54, 1.807) is 0 Å². The van der Waals surface area contributed by atoms with E-state index < -0.39 is 11.9 Å². The highest BCUT2D eigenvalue weighted by Crippen LogP contribution is 2.61. The molecule has 4 fully saturated rings. The Bertz CT molecular complexity index is 465. The zero-order chi connectivity index (χ0) is 15.2. The number of hydrogen-bond acceptors (Lipinski definition) is 3. The van der Waals surface area contributed by atoms with Gasteiger partial charge >= 0.3 is 11.9 Å². The fourth-order valence-electron chi connectivity index (χ4n) is 5.68. The van der Waals surface area contributed by atoms with E-state index in [1.807, 2.05) is 0 Å². The van der Waals surface area contributed by atoms with Gasteiger partial charge in [-0.2, -0.15) is 0 Å². The smallest absolute Gasteiger partial charge is 0.331 e. The van der Waals surface area contributed by atoms with Gasteiger partial charge in [-0.05, 0) is 55.8 Å². The van der Waals surface area contributed by atoms with Crippen molar-refractivity contribution in [1.29, 1.82) is 0 Å². The lowest BCUT2D eigenvalue weighted by atomic mass is 9.47. The zero-order valence-corrected chi connectivity index (χ0v) is 12.7. The summed E-state index contributed by atoms with van der Waals surface area (Å²) >= 11 is 0. The third kappa shape index (κ3) is 2.60. The standard InChI is InChI=1S/C17H24O4/c1-10(2)16-13-6-11-5-12(7-13)9-17(16,8-11)21-15(20)4-3-14(18)19/h3-4,10-13,16H,5-9H2,1-2H3,(H,18,19). The van der Waals surface area contributed by atoms with E-state index in [9.17, 15) is 9.59 Å². The van der Waals surface area contributed by atoms with Gasteiger partial charge in [0.2, 0.25) is 0 Å². The summed E-state index contributed by atoms with van der Waals surface area (Å²) in [5.74, 6) is 1.36. The van der Waals surface area contributed by atoms with E-state index in [2.05, 4.69) is 13.8 Å². The maximum atomic E-state index is 12.0. The Morgan fingerprint density at radius 3 is 2.29 bits per heavy atom. The molecule has 4 rings (SSSR count). The number of carboxylic acid groups (broad SMARTS) is 1. The molecule has 4 aliphatic rings. The highest BCUT2D eigenvalue weighted by molar-refractivity contribution is 5.90. The van der Waals surface area contributed by atoms with Crippen LogP contribution in [0.1, 0.15) is 46.0 Å². The number of rotatable bonds is 4. The molecule has 4 nitrogen and oxygen atoms in total. The number of carbonyl (C=O) groups excluding carboxylic acids is 1. The van der Waals surface area contributed by atoms with Gasteiger partial charge in [0.1, 0.15) is 5.60 Å². The fraction of sp³-hybridized carbons (Fsp3) is 0.765. The molecule has 3 atom stereocenters. The van der Waals surface area contributed by atoms with Gasteiger partial charge in [-0.3, -0.25) is 0 Å². The molecule has 0 aromatic rings. The summed E-state index contributed by atoms with van der Waals surface area (Å²) in [6.07, 6.45) is 7.70. The number of carbonyl (C=O) groups is 2. The fourth-order valence-corrected chi connectivity index (χ4v) is 5.68. The monoisotopic (exact) mass is 292 g/mol. The average molecular weight is 292 g/mol. The normalized spacial score (nSPS) is 40.9. The number of aliphatic carboxylic acids is 1. The molecule has 3 unspecified atom stereocenters. The second kappa shape index (κ2) is 5.15. The van der Waals surface area contributed by atoms with Crippen LogP contribution in [-0.2, 0) is 14.3 Å². The van der Waals surface area contributed by atoms with Gasteiger partial charge in [0, 0.05) is 18.1 Å². The summed E-state index contributed by atoms with van der Waals surface area (Å²) in [6, 6.07) is 0. The van der Waals surface area contributed by atoms with E-state index in [4.69, 9.17) is 9.84 Å². The van der Waals surface area contributed by atoms with Gasteiger partial charge in [-0.25, -0.2) is 9.59 Å². The second-order valence-corrected chi connectivity index (χ2v) is 7.53. The van der Waals surface area contributed by atoms with E-state index in [1.165, 1.54) is 19.3 Å². The van der Waals surface area contributed by atoms with Crippen molar-refractivity contribution in [2.75, 3.05) is 0 Å². The summed E-state index contributed by atoms with van der Waals surface area (Å²) in [5, 5.41) is 8.64. The predicted molar refractivity (Wildman–Crippen MR) is 77.5 cm³/mol. The first kappa shape index (κ1) is 14.6. The van der Waals surface area contributed by atoms with E-state index in [0.29, 0.717) is 29.6 Å². The van der Waals surface area contributed by atoms with Crippen LogP contribution in [0.2, 0.25) is 0 Å². The highest BCUT2D eigenvalue weighted by atomic mass is 16.6. The summed E-state index contributed by atoms with van der Waals surface area (Å²) < 4.78 is 5.89. The zero-order valence-electron chi connectivity index (χ0n) is 12.7. The molecule has 0 saturated heterocycles. The first-order chi connectivity index (χ1) is 9.89. The Balaban J connectivity index is 1.82. The summed E-state index contributed by atoms with van der Waals surface area (Å²) in [4.78, 5) is 22.6. The van der Waals surface area contributed by atoms with Crippen LogP contribution in [-0.4, -0.2) is 22.6 Å². The SMILES string of the molecule is CC(C)C1C2CC3CC(C2)CC1(OC(=O)C=CC(=O)O)C3. The first-order valence-corrected chi connectivity index (χ1v) is 8.03. The molecule has 0 aliphatic heterocycles. The Hall–Kier alpha value is -1.32. The van der Waals surface area contributed by atoms with Crippen LogP contribution >= 0.6 is 0 Å². The molecule has 0 spiro atoms. The number of ether oxygens (including phenoxy) is 1. The maximum Gasteiger partial charge on any atom is 0.331 e. The second-order valence-electron chi connectivity index (χ2n) is 7.53. The van der Waals surface area contributed by atoms with Crippen molar-refractivity contribution in [3.05, 3.63) is 12.2 Å². The Labute approximate surface area is 125 Å². The van der Waals surface area contributed by atoms with Crippen molar-refractivity contribution in [2.24, 2.45) is 29.6 Å². The van der Waals surface area contributed by atoms with Crippen LogP contribution < -0.4 is 0 Å². The molecule has 4 aliphatic carbocycles. The molecule has 0 amide bonds. The lowest BCUT2D eigenvalue weighted by Crippen LogP contribution is -2.60. The van der Waals surface area contributed by atoms with Crippen molar-refractivity contribution in [3.63, 3.8) is 0 Å². The third-order valence-corrected chi connectivity index (χ3v) is 5.71. The first-order valence-electron chi connectivity index (χ1n) is 8.03. The minimum atomic E-state index is -1.11. The molecular formula is C17H24O4. The average Bonchev–Trinajstić information content (AvgIpc) is 2.33. The van der Waals surface area contributed by atoms with Gasteiger partial charge in [0.15, 0.2) is 0 Å². The molecule has 116 valence electrons. The Morgan fingerprint density at radius 1 is 1.14 bits per heavy atom. The van der Waals surface area contributed by atoms with Gasteiger partial charge in [0.05, 0.1) is 0 Å². The van der Waals surface area contributed by atoms with E-state index >= 15 is 0 Å². The van der Waals surface area contributed by atoms with Crippen LogP contribution in [0.15, 0.2) is 12.2 Å². The van der Waals surface area contributed by atoms with Crippen LogP contribution in [0.4, 0.5) is 0 Å². The van der Waals surface area contributed by atoms with Crippen molar-refractivity contribution in [3.8, 4) is 0 Å². The number of carboxylic acids is 1. The minimum absolute atomic E-state index is 0.344. The van der Waals surface area contributed by atoms with E-state index in [0.717, 1.165) is 25.0 Å². The number of esters is 1. The molecule has 1 N–H and O–H groups in total. The molecule has 21 heavy (non-hydrogen) atoms. The van der Waals surface area contributed by atoms with Crippen molar-refractivity contribution in [2.45, 2.75) is 51.6 Å². The number of hydrogen-bond donors (Lipinski definition) is 1. The molecule has 0 radical (unpaired) electrons. The Kier molecular flexibility index (Phi) is 3.58. The maximum absolute atomic E-state index is 12.0.